The summed E-state index contributed by atoms with van der Waals surface area (Å²) in [7, 11) is 1.67. The van der Waals surface area contributed by atoms with Gasteiger partial charge in [-0.1, -0.05) is 18.2 Å². The van der Waals surface area contributed by atoms with Gasteiger partial charge in [0.2, 0.25) is 0 Å². The third-order valence-corrected chi connectivity index (χ3v) is 3.86. The van der Waals surface area contributed by atoms with E-state index in [1.807, 2.05) is 12.1 Å². The number of hydrogen-bond acceptors (Lipinski definition) is 2. The average Bonchev–Trinajstić information content (AvgIpc) is 2.63. The summed E-state index contributed by atoms with van der Waals surface area (Å²) < 4.78 is 5.15. The largest absolute Gasteiger partial charge is 0.497 e. The van der Waals surface area contributed by atoms with Gasteiger partial charge in [0.25, 0.3) is 0 Å². The van der Waals surface area contributed by atoms with Gasteiger partial charge in [0.1, 0.15) is 11.5 Å². The SMILES string of the molecule is COc1ccc(C2=CC3CC(CC3=O)C2)cc1. The molecule has 2 aliphatic carbocycles. The van der Waals surface area contributed by atoms with E-state index < -0.39 is 0 Å². The van der Waals surface area contributed by atoms with Crippen molar-refractivity contribution in [1.82, 2.24) is 0 Å². The van der Waals surface area contributed by atoms with Crippen LogP contribution in [0.25, 0.3) is 5.57 Å². The maximum absolute atomic E-state index is 11.7. The predicted molar refractivity (Wildman–Crippen MR) is 66.8 cm³/mol. The highest BCUT2D eigenvalue weighted by molar-refractivity contribution is 5.89. The molecule has 3 rings (SSSR count). The fourth-order valence-corrected chi connectivity index (χ4v) is 2.97. The number of rotatable bonds is 2. The number of benzene rings is 1. The Labute approximate surface area is 101 Å². The lowest BCUT2D eigenvalue weighted by atomic mass is 9.86. The molecule has 0 saturated heterocycles. The van der Waals surface area contributed by atoms with Crippen molar-refractivity contribution in [2.24, 2.45) is 11.8 Å². The normalized spacial score (nSPS) is 26.9. The third kappa shape index (κ3) is 1.88. The van der Waals surface area contributed by atoms with Crippen LogP contribution in [0.1, 0.15) is 24.8 Å². The molecule has 2 aliphatic rings. The first-order valence-corrected chi connectivity index (χ1v) is 6.14. The molecule has 2 atom stereocenters. The first-order valence-electron chi connectivity index (χ1n) is 6.14. The molecule has 17 heavy (non-hydrogen) atoms. The molecule has 1 aromatic carbocycles. The smallest absolute Gasteiger partial charge is 0.140 e. The van der Waals surface area contributed by atoms with Gasteiger partial charge in [-0.3, -0.25) is 4.79 Å². The van der Waals surface area contributed by atoms with Crippen molar-refractivity contribution in [1.29, 1.82) is 0 Å². The summed E-state index contributed by atoms with van der Waals surface area (Å²) >= 11 is 0. The Morgan fingerprint density at radius 3 is 2.59 bits per heavy atom. The first kappa shape index (κ1) is 10.6. The van der Waals surface area contributed by atoms with Crippen LogP contribution in [-0.4, -0.2) is 12.9 Å². The predicted octanol–water partition coefficient (Wildman–Crippen LogP) is 3.08. The highest BCUT2D eigenvalue weighted by Gasteiger charge is 2.35. The molecule has 2 heteroatoms. The number of hydrogen-bond donors (Lipinski definition) is 0. The molecular weight excluding hydrogens is 212 g/mol. The fraction of sp³-hybridized carbons (Fsp3) is 0.400. The van der Waals surface area contributed by atoms with Crippen molar-refractivity contribution in [3.63, 3.8) is 0 Å². The molecule has 0 radical (unpaired) electrons. The summed E-state index contributed by atoms with van der Waals surface area (Å²) in [6.07, 6.45) is 5.07. The Bertz CT molecular complexity index is 470. The van der Waals surface area contributed by atoms with Crippen LogP contribution in [0.2, 0.25) is 0 Å². The molecule has 1 saturated carbocycles. The molecule has 0 aromatic heterocycles. The van der Waals surface area contributed by atoms with Gasteiger partial charge in [0.15, 0.2) is 0 Å². The number of carbonyl (C=O) groups is 1. The van der Waals surface area contributed by atoms with Crippen LogP contribution in [0.15, 0.2) is 30.3 Å². The van der Waals surface area contributed by atoms with E-state index in [1.165, 1.54) is 11.1 Å². The zero-order valence-corrected chi connectivity index (χ0v) is 9.98. The topological polar surface area (TPSA) is 26.3 Å². The summed E-state index contributed by atoms with van der Waals surface area (Å²) in [5.41, 5.74) is 2.56. The lowest BCUT2D eigenvalue weighted by Gasteiger charge is -2.18. The van der Waals surface area contributed by atoms with Crippen molar-refractivity contribution >= 4 is 11.4 Å². The Kier molecular flexibility index (Phi) is 2.50. The minimum Gasteiger partial charge on any atom is -0.497 e. The minimum absolute atomic E-state index is 0.186. The molecule has 0 amide bonds. The standard InChI is InChI=1S/C15H16O2/c1-17-14-4-2-11(3-5-14)12-6-10-7-13(9-12)15(16)8-10/h2-5,9-10,13H,6-8H2,1H3. The molecule has 0 N–H and O–H groups in total. The van der Waals surface area contributed by atoms with E-state index in [0.29, 0.717) is 11.7 Å². The van der Waals surface area contributed by atoms with Crippen LogP contribution in [0.3, 0.4) is 0 Å². The molecule has 2 bridgehead atoms. The number of ketones is 1. The van der Waals surface area contributed by atoms with Crippen molar-refractivity contribution in [2.45, 2.75) is 19.3 Å². The van der Waals surface area contributed by atoms with Crippen molar-refractivity contribution < 1.29 is 9.53 Å². The minimum atomic E-state index is 0.186. The van der Waals surface area contributed by atoms with Gasteiger partial charge in [-0.2, -0.15) is 0 Å². The second-order valence-electron chi connectivity index (χ2n) is 5.00. The number of Topliss-reactive ketones (excluding diaryl/α,β-unsaturated/α-hetero) is 1. The summed E-state index contributed by atoms with van der Waals surface area (Å²) in [5, 5.41) is 0. The molecule has 88 valence electrons. The molecule has 2 unspecified atom stereocenters. The third-order valence-electron chi connectivity index (χ3n) is 3.86. The van der Waals surface area contributed by atoms with Crippen molar-refractivity contribution in [3.8, 4) is 5.75 Å². The number of methoxy groups -OCH3 is 1. The summed E-state index contributed by atoms with van der Waals surface area (Å²) in [5.74, 6) is 2.07. The number of fused-ring (bicyclic) bond motifs is 2. The van der Waals surface area contributed by atoms with E-state index in [1.54, 1.807) is 7.11 Å². The lowest BCUT2D eigenvalue weighted by molar-refractivity contribution is -0.119. The van der Waals surface area contributed by atoms with Crippen LogP contribution in [-0.2, 0) is 4.79 Å². The second-order valence-corrected chi connectivity index (χ2v) is 5.00. The Morgan fingerprint density at radius 2 is 1.94 bits per heavy atom. The maximum atomic E-state index is 11.7. The van der Waals surface area contributed by atoms with Crippen molar-refractivity contribution in [2.75, 3.05) is 7.11 Å². The number of allylic oxidation sites excluding steroid dienone is 2. The van der Waals surface area contributed by atoms with Gasteiger partial charge in [0.05, 0.1) is 7.11 Å². The van der Waals surface area contributed by atoms with Crippen LogP contribution < -0.4 is 4.74 Å². The zero-order chi connectivity index (χ0) is 11.8. The molecule has 1 fully saturated rings. The van der Waals surface area contributed by atoms with Gasteiger partial charge in [-0.05, 0) is 42.0 Å². The Hall–Kier alpha value is -1.57. The van der Waals surface area contributed by atoms with Gasteiger partial charge in [-0.25, -0.2) is 0 Å². The fourth-order valence-electron chi connectivity index (χ4n) is 2.97. The van der Waals surface area contributed by atoms with Crippen LogP contribution in [0, 0.1) is 11.8 Å². The highest BCUT2D eigenvalue weighted by Crippen LogP contribution is 2.42. The van der Waals surface area contributed by atoms with Gasteiger partial charge in [-0.15, -0.1) is 0 Å². The van der Waals surface area contributed by atoms with Gasteiger partial charge in [0, 0.05) is 12.3 Å². The summed E-state index contributed by atoms with van der Waals surface area (Å²) in [6, 6.07) is 8.13. The molecule has 0 aliphatic heterocycles. The zero-order valence-electron chi connectivity index (χ0n) is 9.98. The summed E-state index contributed by atoms with van der Waals surface area (Å²) in [4.78, 5) is 11.7. The van der Waals surface area contributed by atoms with Gasteiger partial charge >= 0.3 is 0 Å². The van der Waals surface area contributed by atoms with E-state index in [2.05, 4.69) is 18.2 Å². The van der Waals surface area contributed by atoms with E-state index in [4.69, 9.17) is 4.74 Å². The summed E-state index contributed by atoms with van der Waals surface area (Å²) in [6.45, 7) is 0. The van der Waals surface area contributed by atoms with E-state index >= 15 is 0 Å². The number of ether oxygens (including phenoxy) is 1. The Morgan fingerprint density at radius 1 is 1.18 bits per heavy atom. The first-order chi connectivity index (χ1) is 8.26. The Balaban J connectivity index is 1.89. The quantitative estimate of drug-likeness (QED) is 0.777. The van der Waals surface area contributed by atoms with Crippen molar-refractivity contribution in [3.05, 3.63) is 35.9 Å². The molecule has 0 spiro atoms. The molecule has 1 aromatic rings. The monoisotopic (exact) mass is 228 g/mol. The van der Waals surface area contributed by atoms with Crippen LogP contribution >= 0.6 is 0 Å². The lowest BCUT2D eigenvalue weighted by Crippen LogP contribution is -2.06. The number of carbonyl (C=O) groups excluding carboxylic acids is 1. The average molecular weight is 228 g/mol. The second kappa shape index (κ2) is 4.02. The van der Waals surface area contributed by atoms with Gasteiger partial charge < -0.3 is 4.74 Å². The van der Waals surface area contributed by atoms with E-state index in [0.717, 1.165) is 25.0 Å². The highest BCUT2D eigenvalue weighted by atomic mass is 16.5. The van der Waals surface area contributed by atoms with Crippen LogP contribution in [0.4, 0.5) is 0 Å². The van der Waals surface area contributed by atoms with E-state index in [-0.39, 0.29) is 5.92 Å². The van der Waals surface area contributed by atoms with Crippen LogP contribution in [0.5, 0.6) is 5.75 Å². The molecule has 2 nitrogen and oxygen atoms in total. The molecule has 0 heterocycles. The van der Waals surface area contributed by atoms with E-state index in [9.17, 15) is 4.79 Å². The maximum Gasteiger partial charge on any atom is 0.140 e. The molecular formula is C15H16O2.